The first kappa shape index (κ1) is 20.1. The number of nitrogens with zero attached hydrogens (tertiary/aromatic N) is 4. The zero-order valence-electron chi connectivity index (χ0n) is 16.1. The van der Waals surface area contributed by atoms with Crippen LogP contribution in [0.25, 0.3) is 28.7 Å². The Bertz CT molecular complexity index is 1230. The van der Waals surface area contributed by atoms with Crippen LogP contribution < -0.4 is 0 Å². The van der Waals surface area contributed by atoms with Gasteiger partial charge in [-0.3, -0.25) is 0 Å². The first-order valence-corrected chi connectivity index (χ1v) is 9.86. The van der Waals surface area contributed by atoms with Gasteiger partial charge in [-0.25, -0.2) is 9.48 Å². The Hall–Kier alpha value is -3.16. The van der Waals surface area contributed by atoms with Crippen LogP contribution >= 0.6 is 23.2 Å². The van der Waals surface area contributed by atoms with E-state index < -0.39 is 5.97 Å². The van der Waals surface area contributed by atoms with Crippen LogP contribution in [0.4, 0.5) is 0 Å². The van der Waals surface area contributed by atoms with Gasteiger partial charge in [0.25, 0.3) is 5.89 Å². The van der Waals surface area contributed by atoms with Crippen LogP contribution in [-0.2, 0) is 4.74 Å². The van der Waals surface area contributed by atoms with Gasteiger partial charge in [0.15, 0.2) is 5.69 Å². The van der Waals surface area contributed by atoms with Crippen molar-refractivity contribution in [1.29, 1.82) is 0 Å². The highest BCUT2D eigenvalue weighted by Crippen LogP contribution is 2.35. The molecular weight excluding hydrogens is 427 g/mol. The molecule has 0 saturated heterocycles. The van der Waals surface area contributed by atoms with Gasteiger partial charge in [-0.15, -0.1) is 0 Å². The molecule has 7 nitrogen and oxygen atoms in total. The molecule has 0 atom stereocenters. The molecule has 0 unspecified atom stereocenters. The fourth-order valence-corrected chi connectivity index (χ4v) is 3.43. The number of esters is 1. The summed E-state index contributed by atoms with van der Waals surface area (Å²) in [7, 11) is 0. The molecule has 2 aromatic carbocycles. The maximum Gasteiger partial charge on any atom is 0.360 e. The predicted molar refractivity (Wildman–Crippen MR) is 113 cm³/mol. The van der Waals surface area contributed by atoms with Crippen LogP contribution in [0.5, 0.6) is 0 Å². The number of benzene rings is 2. The highest BCUT2D eigenvalue weighted by molar-refractivity contribution is 6.36. The number of aromatic nitrogens is 4. The fraction of sp³-hybridized carbons (Fsp3) is 0.143. The van der Waals surface area contributed by atoms with Crippen molar-refractivity contribution in [2.75, 3.05) is 6.61 Å². The van der Waals surface area contributed by atoms with E-state index in [9.17, 15) is 4.79 Å². The van der Waals surface area contributed by atoms with Crippen molar-refractivity contribution >= 4 is 29.2 Å². The van der Waals surface area contributed by atoms with Gasteiger partial charge in [-0.05, 0) is 38.1 Å². The van der Waals surface area contributed by atoms with Crippen molar-refractivity contribution in [2.45, 2.75) is 13.8 Å². The van der Waals surface area contributed by atoms with E-state index in [0.29, 0.717) is 16.6 Å². The first-order chi connectivity index (χ1) is 14.5. The topological polar surface area (TPSA) is 83.0 Å². The minimum Gasteiger partial charge on any atom is -0.461 e. The lowest BCUT2D eigenvalue weighted by Crippen LogP contribution is -2.07. The van der Waals surface area contributed by atoms with Gasteiger partial charge in [0.05, 0.1) is 17.3 Å². The molecule has 0 spiro atoms. The Morgan fingerprint density at radius 3 is 2.70 bits per heavy atom. The number of para-hydroxylation sites is 1. The Morgan fingerprint density at radius 1 is 1.17 bits per heavy atom. The summed E-state index contributed by atoms with van der Waals surface area (Å²) in [6, 6.07) is 14.7. The summed E-state index contributed by atoms with van der Waals surface area (Å²) >= 11 is 12.9. The normalized spacial score (nSPS) is 10.9. The van der Waals surface area contributed by atoms with Gasteiger partial charge in [-0.1, -0.05) is 58.2 Å². The highest BCUT2D eigenvalue weighted by Gasteiger charge is 2.28. The second-order valence-corrected chi connectivity index (χ2v) is 7.17. The van der Waals surface area contributed by atoms with Crippen molar-refractivity contribution in [2.24, 2.45) is 0 Å². The maximum absolute atomic E-state index is 12.4. The quantitative estimate of drug-likeness (QED) is 0.385. The van der Waals surface area contributed by atoms with Gasteiger partial charge in [-0.2, -0.15) is 10.1 Å². The number of carbonyl (C=O) groups is 1. The summed E-state index contributed by atoms with van der Waals surface area (Å²) in [6.45, 7) is 3.85. The second kappa shape index (κ2) is 8.30. The average Bonchev–Trinajstić information content (AvgIpc) is 3.33. The minimum atomic E-state index is -0.656. The zero-order valence-corrected chi connectivity index (χ0v) is 17.6. The number of aryl methyl sites for hydroxylation is 1. The average molecular weight is 443 g/mol. The molecule has 0 aliphatic heterocycles. The van der Waals surface area contributed by atoms with E-state index in [2.05, 4.69) is 15.2 Å². The molecule has 9 heteroatoms. The lowest BCUT2D eigenvalue weighted by atomic mass is 10.1. The van der Waals surface area contributed by atoms with E-state index in [1.54, 1.807) is 31.2 Å². The molecule has 0 fully saturated rings. The van der Waals surface area contributed by atoms with Crippen LogP contribution in [0.1, 0.15) is 23.0 Å². The molecule has 0 N–H and O–H groups in total. The van der Waals surface area contributed by atoms with E-state index in [4.69, 9.17) is 32.5 Å². The zero-order chi connectivity index (χ0) is 21.3. The van der Waals surface area contributed by atoms with Crippen molar-refractivity contribution in [3.63, 3.8) is 0 Å². The molecule has 4 aromatic rings. The van der Waals surface area contributed by atoms with E-state index in [1.807, 2.05) is 31.2 Å². The Morgan fingerprint density at radius 2 is 1.97 bits per heavy atom. The van der Waals surface area contributed by atoms with Gasteiger partial charge >= 0.3 is 5.97 Å². The monoisotopic (exact) mass is 442 g/mol. The molecule has 30 heavy (non-hydrogen) atoms. The summed E-state index contributed by atoms with van der Waals surface area (Å²) < 4.78 is 11.9. The first-order valence-electron chi connectivity index (χ1n) is 9.11. The lowest BCUT2D eigenvalue weighted by molar-refractivity contribution is 0.0519. The molecule has 0 bridgehead atoms. The van der Waals surface area contributed by atoms with E-state index in [1.165, 1.54) is 4.68 Å². The number of hydrogen-bond donors (Lipinski definition) is 0. The number of rotatable bonds is 5. The summed E-state index contributed by atoms with van der Waals surface area (Å²) in [5, 5.41) is 8.86. The van der Waals surface area contributed by atoms with Crippen LogP contribution in [0.3, 0.4) is 0 Å². The Labute approximate surface area is 182 Å². The standard InChI is InChI=1S/C21H16Cl2N4O3/c1-3-29-21(28)17-16(23)18(27(25-17)15-10-5-4-9-14(15)22)19-24-20(30-26-19)13-8-6-7-12(2)11-13/h4-11H,3H2,1-2H3. The maximum atomic E-state index is 12.4. The lowest BCUT2D eigenvalue weighted by Gasteiger charge is -2.06. The van der Waals surface area contributed by atoms with Crippen LogP contribution in [0.15, 0.2) is 53.1 Å². The molecule has 2 aromatic heterocycles. The number of carbonyl (C=O) groups excluding carboxylic acids is 1. The smallest absolute Gasteiger partial charge is 0.360 e. The fourth-order valence-electron chi connectivity index (χ4n) is 2.93. The van der Waals surface area contributed by atoms with Crippen molar-refractivity contribution in [1.82, 2.24) is 19.9 Å². The SMILES string of the molecule is CCOC(=O)c1nn(-c2ccccc2Cl)c(-c2noc(-c3cccc(C)c3)n2)c1Cl. The molecule has 0 aliphatic carbocycles. The minimum absolute atomic E-state index is 0.0463. The number of hydrogen-bond acceptors (Lipinski definition) is 6. The third-order valence-corrected chi connectivity index (χ3v) is 4.96. The second-order valence-electron chi connectivity index (χ2n) is 6.39. The molecule has 152 valence electrons. The largest absolute Gasteiger partial charge is 0.461 e. The third kappa shape index (κ3) is 3.69. The van der Waals surface area contributed by atoms with Crippen LogP contribution in [0, 0.1) is 6.92 Å². The molecule has 0 aliphatic rings. The van der Waals surface area contributed by atoms with Gasteiger partial charge in [0, 0.05) is 5.56 Å². The highest BCUT2D eigenvalue weighted by atomic mass is 35.5. The van der Waals surface area contributed by atoms with E-state index >= 15 is 0 Å². The predicted octanol–water partition coefficient (Wildman–Crippen LogP) is 5.38. The van der Waals surface area contributed by atoms with Crippen molar-refractivity contribution in [3.8, 4) is 28.7 Å². The molecule has 0 radical (unpaired) electrons. The van der Waals surface area contributed by atoms with Gasteiger partial charge < -0.3 is 9.26 Å². The molecule has 0 saturated carbocycles. The van der Waals surface area contributed by atoms with Gasteiger partial charge in [0.1, 0.15) is 10.7 Å². The Kier molecular flexibility index (Phi) is 5.57. The Balaban J connectivity index is 1.89. The van der Waals surface area contributed by atoms with Crippen molar-refractivity contribution < 1.29 is 14.1 Å². The molecular formula is C21H16Cl2N4O3. The number of ether oxygens (including phenoxy) is 1. The van der Waals surface area contributed by atoms with Crippen LogP contribution in [0.2, 0.25) is 10.0 Å². The van der Waals surface area contributed by atoms with Crippen LogP contribution in [-0.4, -0.2) is 32.5 Å². The summed E-state index contributed by atoms with van der Waals surface area (Å²) in [5.74, 6) is -0.175. The van der Waals surface area contributed by atoms with Gasteiger partial charge in [0.2, 0.25) is 5.82 Å². The summed E-state index contributed by atoms with van der Waals surface area (Å²) in [4.78, 5) is 16.8. The summed E-state index contributed by atoms with van der Waals surface area (Å²) in [6.07, 6.45) is 0. The van der Waals surface area contributed by atoms with Crippen molar-refractivity contribution in [3.05, 3.63) is 69.8 Å². The molecule has 2 heterocycles. The molecule has 4 rings (SSSR count). The van der Waals surface area contributed by atoms with E-state index in [0.717, 1.165) is 11.1 Å². The van der Waals surface area contributed by atoms with E-state index in [-0.39, 0.29) is 28.8 Å². The molecule has 0 amide bonds. The number of halogens is 2. The summed E-state index contributed by atoms with van der Waals surface area (Å²) in [5.41, 5.74) is 2.54. The third-order valence-electron chi connectivity index (χ3n) is 4.28.